The molecule has 148 valence electrons. The highest BCUT2D eigenvalue weighted by Crippen LogP contribution is 2.32. The number of carbonyl (C=O) groups excluding carboxylic acids is 2. The summed E-state index contributed by atoms with van der Waals surface area (Å²) in [5, 5.41) is 2.71. The third-order valence-electron chi connectivity index (χ3n) is 4.76. The maximum Gasteiger partial charge on any atom is 0.311 e. The Morgan fingerprint density at radius 1 is 1.11 bits per heavy atom. The third-order valence-corrected chi connectivity index (χ3v) is 4.76. The van der Waals surface area contributed by atoms with Crippen LogP contribution in [0.15, 0.2) is 18.2 Å². The van der Waals surface area contributed by atoms with Gasteiger partial charge in [-0.05, 0) is 44.8 Å². The Kier molecular flexibility index (Phi) is 6.52. The van der Waals surface area contributed by atoms with E-state index in [0.717, 1.165) is 49.7 Å². The Morgan fingerprint density at radius 2 is 1.85 bits per heavy atom. The van der Waals surface area contributed by atoms with Gasteiger partial charge >= 0.3 is 11.8 Å². The molecule has 0 unspecified atom stereocenters. The molecule has 0 bridgehead atoms. The standard InChI is InChI=1S/C19H28N4O4/c1-21(2)7-3-6-20-18(24)19(25)23-10-8-22(9-11-23)13-15-4-5-16-17(12-15)27-14-26-16/h4-5,12H,3,6-11,13-14H2,1-2H3,(H,20,24). The summed E-state index contributed by atoms with van der Waals surface area (Å²) in [5.74, 6) is 0.638. The Labute approximate surface area is 160 Å². The number of rotatable bonds is 6. The number of amides is 2. The molecule has 2 heterocycles. The number of nitrogens with zero attached hydrogens (tertiary/aromatic N) is 3. The van der Waals surface area contributed by atoms with Crippen molar-refractivity contribution in [3.8, 4) is 11.5 Å². The molecule has 0 atom stereocenters. The summed E-state index contributed by atoms with van der Waals surface area (Å²) in [6, 6.07) is 5.96. The van der Waals surface area contributed by atoms with Crippen molar-refractivity contribution in [1.82, 2.24) is 20.0 Å². The van der Waals surface area contributed by atoms with Gasteiger partial charge in [0, 0.05) is 39.3 Å². The van der Waals surface area contributed by atoms with Crippen molar-refractivity contribution in [2.75, 3.05) is 60.2 Å². The predicted molar refractivity (Wildman–Crippen MR) is 101 cm³/mol. The van der Waals surface area contributed by atoms with Gasteiger partial charge in [-0.25, -0.2) is 0 Å². The number of piperazine rings is 1. The van der Waals surface area contributed by atoms with Gasteiger partial charge in [0.1, 0.15) is 0 Å². The van der Waals surface area contributed by atoms with Crippen molar-refractivity contribution < 1.29 is 19.1 Å². The number of hydrogen-bond donors (Lipinski definition) is 1. The van der Waals surface area contributed by atoms with E-state index in [1.54, 1.807) is 4.90 Å². The molecule has 1 aromatic rings. The zero-order valence-corrected chi connectivity index (χ0v) is 16.1. The molecule has 2 amide bonds. The fourth-order valence-corrected chi connectivity index (χ4v) is 3.22. The quantitative estimate of drug-likeness (QED) is 0.562. The lowest BCUT2D eigenvalue weighted by Crippen LogP contribution is -2.52. The molecule has 0 aromatic heterocycles. The highest BCUT2D eigenvalue weighted by atomic mass is 16.7. The van der Waals surface area contributed by atoms with Crippen LogP contribution < -0.4 is 14.8 Å². The molecule has 1 fully saturated rings. The molecule has 1 aromatic carbocycles. The zero-order chi connectivity index (χ0) is 19.2. The largest absolute Gasteiger partial charge is 0.454 e. The predicted octanol–water partition coefficient (Wildman–Crippen LogP) is 0.127. The number of fused-ring (bicyclic) bond motifs is 1. The molecule has 1 N–H and O–H groups in total. The van der Waals surface area contributed by atoms with Crippen molar-refractivity contribution in [3.05, 3.63) is 23.8 Å². The minimum Gasteiger partial charge on any atom is -0.454 e. The van der Waals surface area contributed by atoms with Gasteiger partial charge in [0.25, 0.3) is 0 Å². The van der Waals surface area contributed by atoms with E-state index in [1.165, 1.54) is 0 Å². The number of ether oxygens (including phenoxy) is 2. The Hall–Kier alpha value is -2.32. The smallest absolute Gasteiger partial charge is 0.311 e. The second kappa shape index (κ2) is 9.05. The molecule has 8 heteroatoms. The molecule has 8 nitrogen and oxygen atoms in total. The molecule has 0 aliphatic carbocycles. The first-order valence-corrected chi connectivity index (χ1v) is 9.35. The van der Waals surface area contributed by atoms with E-state index < -0.39 is 11.8 Å². The summed E-state index contributed by atoms with van der Waals surface area (Å²) >= 11 is 0. The van der Waals surface area contributed by atoms with Crippen LogP contribution in [-0.4, -0.2) is 86.7 Å². The highest BCUT2D eigenvalue weighted by Gasteiger charge is 2.26. The van der Waals surface area contributed by atoms with Crippen LogP contribution in [0.4, 0.5) is 0 Å². The summed E-state index contributed by atoms with van der Waals surface area (Å²) in [7, 11) is 3.96. The third kappa shape index (κ3) is 5.33. The van der Waals surface area contributed by atoms with Gasteiger partial charge in [-0.1, -0.05) is 6.07 Å². The van der Waals surface area contributed by atoms with E-state index in [2.05, 4.69) is 10.2 Å². The highest BCUT2D eigenvalue weighted by molar-refractivity contribution is 6.35. The van der Waals surface area contributed by atoms with Gasteiger partial charge in [0.15, 0.2) is 11.5 Å². The van der Waals surface area contributed by atoms with Crippen molar-refractivity contribution in [2.24, 2.45) is 0 Å². The Morgan fingerprint density at radius 3 is 2.59 bits per heavy atom. The van der Waals surface area contributed by atoms with E-state index >= 15 is 0 Å². The molecule has 1 saturated heterocycles. The summed E-state index contributed by atoms with van der Waals surface area (Å²) in [6.45, 7) is 5.08. The summed E-state index contributed by atoms with van der Waals surface area (Å²) < 4.78 is 10.7. The molecule has 0 radical (unpaired) electrons. The topological polar surface area (TPSA) is 74.4 Å². The van der Waals surface area contributed by atoms with Gasteiger partial charge in [0.2, 0.25) is 6.79 Å². The lowest BCUT2D eigenvalue weighted by Gasteiger charge is -2.34. The monoisotopic (exact) mass is 376 g/mol. The SMILES string of the molecule is CN(C)CCCNC(=O)C(=O)N1CCN(Cc2ccc3c(c2)OCO3)CC1. The van der Waals surface area contributed by atoms with E-state index in [0.29, 0.717) is 19.6 Å². The minimum atomic E-state index is -0.502. The van der Waals surface area contributed by atoms with Gasteiger partial charge in [-0.3, -0.25) is 14.5 Å². The first-order chi connectivity index (χ1) is 13.0. The average molecular weight is 376 g/mol. The molecular weight excluding hydrogens is 348 g/mol. The lowest BCUT2D eigenvalue weighted by atomic mass is 10.1. The van der Waals surface area contributed by atoms with E-state index in [9.17, 15) is 9.59 Å². The number of nitrogens with one attached hydrogen (secondary N) is 1. The van der Waals surface area contributed by atoms with Crippen molar-refractivity contribution in [1.29, 1.82) is 0 Å². The van der Waals surface area contributed by atoms with Gasteiger partial charge in [0.05, 0.1) is 0 Å². The van der Waals surface area contributed by atoms with Crippen LogP contribution in [0.1, 0.15) is 12.0 Å². The minimum absolute atomic E-state index is 0.275. The van der Waals surface area contributed by atoms with Gasteiger partial charge in [-0.15, -0.1) is 0 Å². The van der Waals surface area contributed by atoms with Crippen LogP contribution in [0.3, 0.4) is 0 Å². The molecule has 2 aliphatic heterocycles. The number of hydrogen-bond acceptors (Lipinski definition) is 6. The number of benzene rings is 1. The molecule has 3 rings (SSSR count). The van der Waals surface area contributed by atoms with Crippen molar-refractivity contribution in [3.63, 3.8) is 0 Å². The van der Waals surface area contributed by atoms with Crippen molar-refractivity contribution >= 4 is 11.8 Å². The molecule has 2 aliphatic rings. The summed E-state index contributed by atoms with van der Waals surface area (Å²) in [5.41, 5.74) is 1.15. The first-order valence-electron chi connectivity index (χ1n) is 9.35. The molecule has 0 saturated carbocycles. The fraction of sp³-hybridized carbons (Fsp3) is 0.579. The zero-order valence-electron chi connectivity index (χ0n) is 16.1. The van der Waals surface area contributed by atoms with Crippen LogP contribution >= 0.6 is 0 Å². The fourth-order valence-electron chi connectivity index (χ4n) is 3.22. The maximum atomic E-state index is 12.3. The van der Waals surface area contributed by atoms with Crippen LogP contribution in [0, 0.1) is 0 Å². The molecular formula is C19H28N4O4. The Bertz CT molecular complexity index is 672. The Balaban J connectivity index is 1.40. The summed E-state index contributed by atoms with van der Waals surface area (Å²) in [4.78, 5) is 30.2. The van der Waals surface area contributed by atoms with E-state index in [-0.39, 0.29) is 6.79 Å². The van der Waals surface area contributed by atoms with Crippen LogP contribution in [0.5, 0.6) is 11.5 Å². The van der Waals surface area contributed by atoms with Crippen LogP contribution in [-0.2, 0) is 16.1 Å². The lowest BCUT2D eigenvalue weighted by molar-refractivity contribution is -0.147. The van der Waals surface area contributed by atoms with Crippen molar-refractivity contribution in [2.45, 2.75) is 13.0 Å². The average Bonchev–Trinajstić information content (AvgIpc) is 3.13. The molecule has 27 heavy (non-hydrogen) atoms. The van der Waals surface area contributed by atoms with Crippen LogP contribution in [0.2, 0.25) is 0 Å². The maximum absolute atomic E-state index is 12.3. The van der Waals surface area contributed by atoms with Gasteiger partial charge in [-0.2, -0.15) is 0 Å². The van der Waals surface area contributed by atoms with Gasteiger partial charge < -0.3 is 24.6 Å². The second-order valence-corrected chi connectivity index (χ2v) is 7.17. The first kappa shape index (κ1) is 19.4. The summed E-state index contributed by atoms with van der Waals surface area (Å²) in [6.07, 6.45) is 0.829. The van der Waals surface area contributed by atoms with E-state index in [1.807, 2.05) is 37.2 Å². The van der Waals surface area contributed by atoms with Crippen LogP contribution in [0.25, 0.3) is 0 Å². The molecule has 0 spiro atoms. The number of carbonyl (C=O) groups is 2. The van der Waals surface area contributed by atoms with E-state index in [4.69, 9.17) is 9.47 Å². The second-order valence-electron chi connectivity index (χ2n) is 7.17. The normalized spacial score (nSPS) is 16.6.